The predicted molar refractivity (Wildman–Crippen MR) is 172 cm³/mol. The summed E-state index contributed by atoms with van der Waals surface area (Å²) in [6, 6.07) is 44.5. The van der Waals surface area contributed by atoms with Crippen LogP contribution in [0.2, 0.25) is 0 Å². The number of fused-ring (bicyclic) bond motifs is 9. The van der Waals surface area contributed by atoms with Crippen LogP contribution in [0.1, 0.15) is 33.4 Å². The summed E-state index contributed by atoms with van der Waals surface area (Å²) < 4.78 is 11.8. The van der Waals surface area contributed by atoms with Gasteiger partial charge in [0.15, 0.2) is 0 Å². The van der Waals surface area contributed by atoms with Crippen LogP contribution < -0.4 is 9.47 Å². The molecule has 0 saturated carbocycles. The van der Waals surface area contributed by atoms with E-state index in [1.165, 1.54) is 38.9 Å². The highest BCUT2D eigenvalue weighted by molar-refractivity contribution is 5.90. The van der Waals surface area contributed by atoms with Gasteiger partial charge in [-0.1, -0.05) is 91.0 Å². The average Bonchev–Trinajstić information content (AvgIpc) is 3.35. The van der Waals surface area contributed by atoms with Crippen molar-refractivity contribution in [3.05, 3.63) is 161 Å². The number of rotatable bonds is 4. The van der Waals surface area contributed by atoms with Gasteiger partial charge in [0.2, 0.25) is 0 Å². The molecule has 1 N–H and O–H groups in total. The van der Waals surface area contributed by atoms with Crippen molar-refractivity contribution in [2.24, 2.45) is 0 Å². The molecule has 0 bridgehead atoms. The highest BCUT2D eigenvalue weighted by Gasteiger charge is 2.50. The Morgan fingerprint density at radius 1 is 0.512 bits per heavy atom. The van der Waals surface area contributed by atoms with E-state index in [1.807, 2.05) is 30.3 Å². The fraction of sp³-hybridized carbons (Fsp3) is 0.100. The normalized spacial score (nSPS) is 15.8. The third-order valence-electron chi connectivity index (χ3n) is 9.26. The highest BCUT2D eigenvalue weighted by atomic mass is 16.5. The fourth-order valence-electron chi connectivity index (χ4n) is 7.42. The summed E-state index contributed by atoms with van der Waals surface area (Å²) in [6.45, 7) is 0. The number of ether oxygens (including phenoxy) is 2. The van der Waals surface area contributed by atoms with E-state index >= 15 is 0 Å². The second-order valence-corrected chi connectivity index (χ2v) is 11.4. The zero-order valence-electron chi connectivity index (χ0n) is 24.1. The maximum absolute atomic E-state index is 11.4. The molecule has 2 aliphatic carbocycles. The van der Waals surface area contributed by atoms with Crippen LogP contribution in [-0.4, -0.2) is 19.3 Å². The van der Waals surface area contributed by atoms with Crippen molar-refractivity contribution >= 4 is 0 Å². The quantitative estimate of drug-likeness (QED) is 0.234. The molecular formula is C40H30O3. The molecule has 0 fully saturated rings. The molecule has 8 rings (SSSR count). The molecule has 3 heteroatoms. The minimum absolute atomic E-state index is 0.286. The Balaban J connectivity index is 1.54. The monoisotopic (exact) mass is 558 g/mol. The molecule has 0 aliphatic heterocycles. The minimum atomic E-state index is -0.629. The van der Waals surface area contributed by atoms with Gasteiger partial charge in [-0.2, -0.15) is 0 Å². The lowest BCUT2D eigenvalue weighted by Gasteiger charge is -2.41. The minimum Gasteiger partial charge on any atom is -0.507 e. The third-order valence-corrected chi connectivity index (χ3v) is 9.26. The van der Waals surface area contributed by atoms with E-state index in [0.29, 0.717) is 6.42 Å². The van der Waals surface area contributed by atoms with Crippen molar-refractivity contribution in [2.45, 2.75) is 11.8 Å². The van der Waals surface area contributed by atoms with Crippen LogP contribution in [0.25, 0.3) is 33.4 Å². The first-order valence-corrected chi connectivity index (χ1v) is 14.6. The molecule has 3 nitrogen and oxygen atoms in total. The van der Waals surface area contributed by atoms with Gasteiger partial charge < -0.3 is 14.6 Å². The molecular weight excluding hydrogens is 528 g/mol. The Kier molecular flexibility index (Phi) is 5.70. The third kappa shape index (κ3) is 3.61. The molecule has 6 aromatic rings. The van der Waals surface area contributed by atoms with Crippen LogP contribution in [0.5, 0.6) is 17.2 Å². The molecule has 43 heavy (non-hydrogen) atoms. The van der Waals surface area contributed by atoms with E-state index in [2.05, 4.69) is 97.1 Å². The Hall–Kier alpha value is -5.28. The van der Waals surface area contributed by atoms with Gasteiger partial charge in [-0.3, -0.25) is 0 Å². The molecule has 2 aliphatic rings. The molecule has 1 spiro atoms. The van der Waals surface area contributed by atoms with E-state index in [1.54, 1.807) is 14.2 Å². The molecule has 1 unspecified atom stereocenters. The van der Waals surface area contributed by atoms with Gasteiger partial charge in [0.1, 0.15) is 17.2 Å². The van der Waals surface area contributed by atoms with Crippen LogP contribution in [0, 0.1) is 0 Å². The summed E-state index contributed by atoms with van der Waals surface area (Å²) >= 11 is 0. The second kappa shape index (κ2) is 9.64. The summed E-state index contributed by atoms with van der Waals surface area (Å²) in [7, 11) is 3.47. The van der Waals surface area contributed by atoms with E-state index in [-0.39, 0.29) is 5.75 Å². The molecule has 0 heterocycles. The first-order valence-electron chi connectivity index (χ1n) is 14.6. The molecule has 0 saturated heterocycles. The van der Waals surface area contributed by atoms with Crippen molar-refractivity contribution in [3.8, 4) is 50.6 Å². The lowest BCUT2D eigenvalue weighted by atomic mass is 9.61. The molecule has 0 amide bonds. The summed E-state index contributed by atoms with van der Waals surface area (Å²) in [5.41, 5.74) is 12.9. The first kappa shape index (κ1) is 25.4. The number of phenolic OH excluding ortho intramolecular Hbond substituents is 1. The smallest absolute Gasteiger partial charge is 0.126 e. The number of methoxy groups -OCH3 is 2. The largest absolute Gasteiger partial charge is 0.507 e. The zero-order valence-corrected chi connectivity index (χ0v) is 24.1. The van der Waals surface area contributed by atoms with E-state index < -0.39 is 5.41 Å². The van der Waals surface area contributed by atoms with Gasteiger partial charge in [-0.05, 0) is 98.5 Å². The number of benzene rings is 6. The average molecular weight is 559 g/mol. The fourth-order valence-corrected chi connectivity index (χ4v) is 7.42. The molecule has 1 atom stereocenters. The van der Waals surface area contributed by atoms with Gasteiger partial charge >= 0.3 is 0 Å². The van der Waals surface area contributed by atoms with E-state index in [9.17, 15) is 5.11 Å². The lowest BCUT2D eigenvalue weighted by Crippen LogP contribution is -2.34. The standard InChI is InChI=1S/C40H30O3/c1-42-29-17-18-31-30-15-9-10-16-34(30)40(37(31)22-29)35-23-32(25-11-5-3-6-12-25)38(41)20-27(35)19-28-21-39(43-2)33(24-36(28)40)26-13-7-4-8-14-26/h3-18,20-24,41H,19H2,1-2H3. The van der Waals surface area contributed by atoms with Gasteiger partial charge in [-0.25, -0.2) is 0 Å². The van der Waals surface area contributed by atoms with Crippen molar-refractivity contribution in [2.75, 3.05) is 14.2 Å². The van der Waals surface area contributed by atoms with Crippen molar-refractivity contribution in [1.29, 1.82) is 0 Å². The maximum atomic E-state index is 11.4. The van der Waals surface area contributed by atoms with Gasteiger partial charge in [-0.15, -0.1) is 0 Å². The number of aromatic hydroxyl groups is 1. The molecule has 208 valence electrons. The van der Waals surface area contributed by atoms with Crippen molar-refractivity contribution in [3.63, 3.8) is 0 Å². The topological polar surface area (TPSA) is 38.7 Å². The van der Waals surface area contributed by atoms with Crippen LogP contribution in [0.4, 0.5) is 0 Å². The first-order chi connectivity index (χ1) is 21.1. The van der Waals surface area contributed by atoms with Crippen LogP contribution >= 0.6 is 0 Å². The summed E-state index contributed by atoms with van der Waals surface area (Å²) in [5, 5.41) is 11.4. The van der Waals surface area contributed by atoms with E-state index in [0.717, 1.165) is 39.3 Å². The predicted octanol–water partition coefficient (Wildman–Crippen LogP) is 9.01. The van der Waals surface area contributed by atoms with Crippen LogP contribution in [-0.2, 0) is 11.8 Å². The van der Waals surface area contributed by atoms with Crippen molar-refractivity contribution in [1.82, 2.24) is 0 Å². The van der Waals surface area contributed by atoms with Gasteiger partial charge in [0, 0.05) is 11.1 Å². The number of hydrogen-bond acceptors (Lipinski definition) is 3. The SMILES string of the molecule is COc1ccc2c(c1)C1(c3cc(-c4ccccc4)c(O)cc3Cc3cc(OC)c(-c4ccccc4)cc31)c1ccccc1-2. The Labute approximate surface area is 251 Å². The number of hydrogen-bond donors (Lipinski definition) is 1. The number of phenols is 1. The Morgan fingerprint density at radius 2 is 1.12 bits per heavy atom. The molecule has 0 radical (unpaired) electrons. The zero-order chi connectivity index (χ0) is 29.1. The van der Waals surface area contributed by atoms with Crippen molar-refractivity contribution < 1.29 is 14.6 Å². The summed E-state index contributed by atoms with van der Waals surface area (Å²) in [6.07, 6.45) is 0.682. The van der Waals surface area contributed by atoms with Gasteiger partial charge in [0.05, 0.1) is 19.6 Å². The van der Waals surface area contributed by atoms with E-state index in [4.69, 9.17) is 9.47 Å². The second-order valence-electron chi connectivity index (χ2n) is 11.4. The van der Waals surface area contributed by atoms with Crippen LogP contribution in [0.15, 0.2) is 127 Å². The molecule has 0 aromatic heterocycles. The lowest BCUT2D eigenvalue weighted by molar-refractivity contribution is 0.413. The summed E-state index contributed by atoms with van der Waals surface area (Å²) in [5.74, 6) is 1.94. The highest BCUT2D eigenvalue weighted by Crippen LogP contribution is 2.61. The molecule has 6 aromatic carbocycles. The Bertz CT molecular complexity index is 2030. The Morgan fingerprint density at radius 3 is 1.81 bits per heavy atom. The van der Waals surface area contributed by atoms with Gasteiger partial charge in [0.25, 0.3) is 0 Å². The summed E-state index contributed by atoms with van der Waals surface area (Å²) in [4.78, 5) is 0. The van der Waals surface area contributed by atoms with Crippen LogP contribution in [0.3, 0.4) is 0 Å². The maximum Gasteiger partial charge on any atom is 0.126 e.